The average Bonchev–Trinajstić information content (AvgIpc) is 2.11. The molecule has 1 aromatic carbocycles. The minimum atomic E-state index is -0.0880. The van der Waals surface area contributed by atoms with E-state index in [0.717, 1.165) is 5.56 Å². The zero-order valence-corrected chi connectivity index (χ0v) is 6.29. The molecule has 0 aliphatic heterocycles. The lowest BCUT2D eigenvalue weighted by molar-refractivity contribution is 1.34. The molecule has 0 aromatic heterocycles. The first kappa shape index (κ1) is 7.75. The normalized spacial score (nSPS) is 9.27. The van der Waals surface area contributed by atoms with Gasteiger partial charge in [0.15, 0.2) is 0 Å². The zero-order valence-electron chi connectivity index (χ0n) is 6.29. The van der Waals surface area contributed by atoms with Gasteiger partial charge in [0.05, 0.1) is 5.69 Å². The van der Waals surface area contributed by atoms with Crippen molar-refractivity contribution in [1.29, 1.82) is 0 Å². The Labute approximate surface area is 64.8 Å². The molecule has 0 heterocycles. The molecular weight excluding hydrogens is 140 g/mol. The fourth-order valence-electron chi connectivity index (χ4n) is 0.830. The number of anilines is 1. The molecule has 1 rings (SSSR count). The van der Waals surface area contributed by atoms with Crippen LogP contribution in [0.3, 0.4) is 0 Å². The highest BCUT2D eigenvalue weighted by Gasteiger charge is 1.91. The SMILES string of the molecule is Cc1cccc(NN)c(=O)c1. The first-order chi connectivity index (χ1) is 5.24. The summed E-state index contributed by atoms with van der Waals surface area (Å²) in [5, 5.41) is 0. The molecule has 3 N–H and O–H groups in total. The Balaban J connectivity index is 3.35. The van der Waals surface area contributed by atoms with Gasteiger partial charge in [-0.2, -0.15) is 0 Å². The highest BCUT2D eigenvalue weighted by Crippen LogP contribution is 1.96. The summed E-state index contributed by atoms with van der Waals surface area (Å²) in [6.07, 6.45) is 0. The van der Waals surface area contributed by atoms with E-state index in [1.165, 1.54) is 6.07 Å². The van der Waals surface area contributed by atoms with Crippen molar-refractivity contribution in [3.8, 4) is 0 Å². The van der Waals surface area contributed by atoms with E-state index in [2.05, 4.69) is 5.43 Å². The Morgan fingerprint density at radius 3 is 2.82 bits per heavy atom. The summed E-state index contributed by atoms with van der Waals surface area (Å²) in [4.78, 5) is 11.1. The van der Waals surface area contributed by atoms with E-state index in [0.29, 0.717) is 5.69 Å². The zero-order chi connectivity index (χ0) is 8.27. The third kappa shape index (κ3) is 1.78. The smallest absolute Gasteiger partial charge is 0.203 e. The van der Waals surface area contributed by atoms with Crippen LogP contribution in [0.15, 0.2) is 29.1 Å². The molecule has 0 unspecified atom stereocenters. The highest BCUT2D eigenvalue weighted by molar-refractivity contribution is 5.41. The molecule has 0 bridgehead atoms. The monoisotopic (exact) mass is 150 g/mol. The van der Waals surface area contributed by atoms with Crippen molar-refractivity contribution in [2.75, 3.05) is 5.43 Å². The van der Waals surface area contributed by atoms with Crippen LogP contribution < -0.4 is 16.7 Å². The number of aryl methyl sites for hydroxylation is 1. The van der Waals surface area contributed by atoms with Gasteiger partial charge >= 0.3 is 0 Å². The summed E-state index contributed by atoms with van der Waals surface area (Å²) in [5.74, 6) is 5.11. The van der Waals surface area contributed by atoms with Crippen molar-refractivity contribution in [1.82, 2.24) is 0 Å². The van der Waals surface area contributed by atoms with Gasteiger partial charge < -0.3 is 5.43 Å². The van der Waals surface area contributed by atoms with Gasteiger partial charge in [-0.3, -0.25) is 10.6 Å². The molecule has 0 saturated carbocycles. The summed E-state index contributed by atoms with van der Waals surface area (Å²) in [7, 11) is 0. The Morgan fingerprint density at radius 2 is 2.18 bits per heavy atom. The minimum absolute atomic E-state index is 0.0880. The quantitative estimate of drug-likeness (QED) is 0.456. The fourth-order valence-corrected chi connectivity index (χ4v) is 0.830. The molecule has 1 aromatic rings. The number of nitrogen functional groups attached to an aromatic ring is 1. The van der Waals surface area contributed by atoms with E-state index in [9.17, 15) is 4.79 Å². The molecular formula is C8H10N2O. The Hall–Kier alpha value is -1.35. The molecule has 58 valence electrons. The van der Waals surface area contributed by atoms with E-state index < -0.39 is 0 Å². The summed E-state index contributed by atoms with van der Waals surface area (Å²) in [6, 6.07) is 6.82. The van der Waals surface area contributed by atoms with Crippen LogP contribution in [0.1, 0.15) is 5.56 Å². The van der Waals surface area contributed by atoms with Gasteiger partial charge in [-0.25, -0.2) is 0 Å². The highest BCUT2D eigenvalue weighted by atomic mass is 16.1. The Kier molecular flexibility index (Phi) is 2.23. The van der Waals surface area contributed by atoms with Gasteiger partial charge in [-0.1, -0.05) is 12.1 Å². The maximum absolute atomic E-state index is 11.1. The van der Waals surface area contributed by atoms with Gasteiger partial charge in [0.1, 0.15) is 0 Å². The predicted molar refractivity (Wildman–Crippen MR) is 45.3 cm³/mol. The van der Waals surface area contributed by atoms with Crippen LogP contribution in [0, 0.1) is 6.92 Å². The second-order valence-electron chi connectivity index (χ2n) is 2.34. The van der Waals surface area contributed by atoms with E-state index in [1.54, 1.807) is 12.1 Å². The summed E-state index contributed by atoms with van der Waals surface area (Å²) >= 11 is 0. The van der Waals surface area contributed by atoms with Gasteiger partial charge in [0.2, 0.25) is 5.43 Å². The van der Waals surface area contributed by atoms with Gasteiger partial charge in [-0.15, -0.1) is 0 Å². The first-order valence-electron chi connectivity index (χ1n) is 3.31. The Bertz CT molecular complexity index is 309. The second-order valence-corrected chi connectivity index (χ2v) is 2.34. The van der Waals surface area contributed by atoms with Crippen LogP contribution in [-0.4, -0.2) is 0 Å². The summed E-state index contributed by atoms with van der Waals surface area (Å²) in [6.45, 7) is 1.86. The lowest BCUT2D eigenvalue weighted by Crippen LogP contribution is -2.14. The lowest BCUT2D eigenvalue weighted by atomic mass is 10.3. The summed E-state index contributed by atoms with van der Waals surface area (Å²) < 4.78 is 0. The van der Waals surface area contributed by atoms with E-state index in [1.807, 2.05) is 13.0 Å². The number of nitrogens with two attached hydrogens (primary N) is 1. The van der Waals surface area contributed by atoms with Crippen LogP contribution in [-0.2, 0) is 0 Å². The third-order valence-electron chi connectivity index (χ3n) is 1.40. The van der Waals surface area contributed by atoms with Crippen LogP contribution >= 0.6 is 0 Å². The van der Waals surface area contributed by atoms with Crippen LogP contribution in [0.4, 0.5) is 5.69 Å². The number of hydrazine groups is 1. The largest absolute Gasteiger partial charge is 0.321 e. The Morgan fingerprint density at radius 1 is 1.45 bits per heavy atom. The van der Waals surface area contributed by atoms with Crippen molar-refractivity contribution >= 4 is 5.69 Å². The standard InChI is InChI=1S/C8H10N2O/c1-6-3-2-4-7(10-9)8(11)5-6/h2-5H,9H2,1H3,(H,10,11). The molecule has 0 aliphatic rings. The third-order valence-corrected chi connectivity index (χ3v) is 1.40. The van der Waals surface area contributed by atoms with Crippen molar-refractivity contribution in [2.45, 2.75) is 6.92 Å². The van der Waals surface area contributed by atoms with Crippen LogP contribution in [0.5, 0.6) is 0 Å². The van der Waals surface area contributed by atoms with Crippen molar-refractivity contribution in [3.63, 3.8) is 0 Å². The summed E-state index contributed by atoms with van der Waals surface area (Å²) in [5.41, 5.74) is 3.58. The fraction of sp³-hybridized carbons (Fsp3) is 0.125. The predicted octanol–water partition coefficient (Wildman–Crippen LogP) is 0.641. The molecule has 3 nitrogen and oxygen atoms in total. The average molecular weight is 150 g/mol. The number of nitrogens with one attached hydrogen (secondary N) is 1. The number of hydrogen-bond acceptors (Lipinski definition) is 3. The number of hydrogen-bond donors (Lipinski definition) is 2. The molecule has 0 saturated heterocycles. The maximum atomic E-state index is 11.1. The van der Waals surface area contributed by atoms with Crippen LogP contribution in [0.2, 0.25) is 0 Å². The van der Waals surface area contributed by atoms with Crippen molar-refractivity contribution in [2.24, 2.45) is 5.84 Å². The van der Waals surface area contributed by atoms with Gasteiger partial charge in [0.25, 0.3) is 0 Å². The molecule has 0 atom stereocenters. The van der Waals surface area contributed by atoms with Crippen molar-refractivity contribution in [3.05, 3.63) is 40.1 Å². The molecule has 11 heavy (non-hydrogen) atoms. The minimum Gasteiger partial charge on any atom is -0.321 e. The van der Waals surface area contributed by atoms with Gasteiger partial charge in [0, 0.05) is 0 Å². The molecule has 0 fully saturated rings. The molecule has 0 spiro atoms. The van der Waals surface area contributed by atoms with E-state index >= 15 is 0 Å². The molecule has 0 radical (unpaired) electrons. The lowest BCUT2D eigenvalue weighted by Gasteiger charge is -1.89. The molecule has 0 amide bonds. The van der Waals surface area contributed by atoms with Gasteiger partial charge in [-0.05, 0) is 24.6 Å². The van der Waals surface area contributed by atoms with Crippen LogP contribution in [0.25, 0.3) is 0 Å². The molecule has 0 aliphatic carbocycles. The van der Waals surface area contributed by atoms with E-state index in [-0.39, 0.29) is 5.43 Å². The van der Waals surface area contributed by atoms with Crippen molar-refractivity contribution < 1.29 is 0 Å². The van der Waals surface area contributed by atoms with E-state index in [4.69, 9.17) is 5.84 Å². The maximum Gasteiger partial charge on any atom is 0.203 e. The topological polar surface area (TPSA) is 55.1 Å². The molecule has 3 heteroatoms. The second kappa shape index (κ2) is 3.16. The number of rotatable bonds is 1. The first-order valence-corrected chi connectivity index (χ1v) is 3.31.